The van der Waals surface area contributed by atoms with Gasteiger partial charge in [0.2, 0.25) is 0 Å². The largest absolute Gasteiger partial charge is 0.318 e. The Labute approximate surface area is 278 Å². The van der Waals surface area contributed by atoms with Crippen LogP contribution in [-0.2, 0) is 0 Å². The summed E-state index contributed by atoms with van der Waals surface area (Å²) in [7, 11) is 1.88. The molecule has 1 unspecified atom stereocenters. The minimum atomic E-state index is 0.250. The molecule has 0 spiro atoms. The monoisotopic (exact) mass is 635 g/mol. The molecule has 1 atom stereocenters. The first-order valence-corrected chi connectivity index (χ1v) is 18.0. The van der Waals surface area contributed by atoms with E-state index in [4.69, 9.17) is 15.1 Å². The Kier molecular flexibility index (Phi) is 21.9. The van der Waals surface area contributed by atoms with E-state index >= 15 is 0 Å². The second kappa shape index (κ2) is 24.5. The number of thioether (sulfide) groups is 2. The van der Waals surface area contributed by atoms with Gasteiger partial charge >= 0.3 is 0 Å². The molecule has 0 fully saturated rings. The number of nitrogens with zero attached hydrogens (tertiary/aromatic N) is 4. The molecule has 0 saturated heterocycles. The van der Waals surface area contributed by atoms with E-state index in [-0.39, 0.29) is 5.92 Å². The van der Waals surface area contributed by atoms with Gasteiger partial charge in [0.15, 0.2) is 5.17 Å². The van der Waals surface area contributed by atoms with Crippen LogP contribution in [0.15, 0.2) is 111 Å². The summed E-state index contributed by atoms with van der Waals surface area (Å²) in [4.78, 5) is 12.0. The van der Waals surface area contributed by atoms with Gasteiger partial charge in [-0.05, 0) is 85.0 Å². The van der Waals surface area contributed by atoms with Crippen LogP contribution in [0.1, 0.15) is 74.1 Å². The Bertz CT molecular complexity index is 1170. The van der Waals surface area contributed by atoms with Gasteiger partial charge in [0.1, 0.15) is 0 Å². The Hall–Kier alpha value is -2.77. The van der Waals surface area contributed by atoms with Gasteiger partial charge in [-0.2, -0.15) is 5.10 Å². The fraction of sp³-hybridized carbons (Fsp3) is 0.486. The van der Waals surface area contributed by atoms with Crippen molar-refractivity contribution in [2.75, 3.05) is 37.5 Å². The molecule has 0 aromatic heterocycles. The molecule has 1 aliphatic rings. The quantitative estimate of drug-likeness (QED) is 0.0432. The number of rotatable bonds is 17. The zero-order valence-electron chi connectivity index (χ0n) is 28.6. The molecule has 0 saturated carbocycles. The maximum atomic E-state index is 4.84. The smallest absolute Gasteiger partial charge is 0.187 e. The Morgan fingerprint density at radius 2 is 1.91 bits per heavy atom. The number of hydrogen-bond donors (Lipinski definition) is 1. The topological polar surface area (TPSA) is 52.3 Å². The number of hydrogen-bond acceptors (Lipinski definition) is 6. The number of amidine groups is 1. The van der Waals surface area contributed by atoms with Gasteiger partial charge in [-0.1, -0.05) is 91.1 Å². The number of aliphatic imine (C=N–C) groups is 2. The van der Waals surface area contributed by atoms with Gasteiger partial charge in [0.25, 0.3) is 0 Å². The van der Waals surface area contributed by atoms with E-state index in [0.29, 0.717) is 0 Å². The van der Waals surface area contributed by atoms with Crippen LogP contribution in [0.2, 0.25) is 0 Å². The van der Waals surface area contributed by atoms with Crippen LogP contribution < -0.4 is 5.43 Å². The summed E-state index contributed by atoms with van der Waals surface area (Å²) in [5.41, 5.74) is 10.2. The Morgan fingerprint density at radius 1 is 1.14 bits per heavy atom. The molecule has 0 aliphatic heterocycles. The van der Waals surface area contributed by atoms with Gasteiger partial charge in [0, 0.05) is 49.0 Å². The molecule has 1 N–H and O–H groups in total. The fourth-order valence-electron chi connectivity index (χ4n) is 4.70. The van der Waals surface area contributed by atoms with E-state index in [9.17, 15) is 0 Å². The molecule has 0 amide bonds. The first-order chi connectivity index (χ1) is 21.3. The van der Waals surface area contributed by atoms with Gasteiger partial charge in [-0.15, -0.1) is 11.8 Å². The molecule has 0 aromatic rings. The lowest BCUT2D eigenvalue weighted by Crippen LogP contribution is -2.35. The molecule has 0 radical (unpaired) electrons. The fourth-order valence-corrected chi connectivity index (χ4v) is 6.51. The van der Waals surface area contributed by atoms with Crippen LogP contribution in [0.5, 0.6) is 0 Å². The molecular weight excluding hydrogens is 579 g/mol. The van der Waals surface area contributed by atoms with Crippen LogP contribution in [0.4, 0.5) is 0 Å². The van der Waals surface area contributed by atoms with Crippen molar-refractivity contribution in [2.24, 2.45) is 21.0 Å². The Morgan fingerprint density at radius 3 is 2.57 bits per heavy atom. The van der Waals surface area contributed by atoms with Crippen LogP contribution in [0.3, 0.4) is 0 Å². The predicted molar refractivity (Wildman–Crippen MR) is 204 cm³/mol. The lowest BCUT2D eigenvalue weighted by Gasteiger charge is -2.32. The third-order valence-corrected chi connectivity index (χ3v) is 8.36. The second-order valence-electron chi connectivity index (χ2n) is 10.7. The highest BCUT2D eigenvalue weighted by molar-refractivity contribution is 8.13. The van der Waals surface area contributed by atoms with E-state index in [0.717, 1.165) is 67.0 Å². The standard InChI is InChI=1S/C37H57N5S2/c1-10-14-23-34(20-12-3)40-29-43-28-35(39-13-4)24-25-44-37(41-38-9)42(36(30(5)6)32(8)19-11-2)27-33-22-18-16-15-17-21-31(7)26-33/h11-12,14,17-23,26,33,38H,2,10,13,15-16,24-25,27-29H2,1,3-9H3/b20-12-,21-17?,22-18?,23-14-,31-26?,32-19?,39-35?,40-34?,41-37?. The molecule has 5 nitrogen and oxygen atoms in total. The molecule has 242 valence electrons. The highest BCUT2D eigenvalue weighted by atomic mass is 32.2. The van der Waals surface area contributed by atoms with Crippen molar-refractivity contribution in [3.63, 3.8) is 0 Å². The number of nitrogens with one attached hydrogen (secondary N) is 1. The van der Waals surface area contributed by atoms with Crippen LogP contribution in [-0.4, -0.2) is 59.0 Å². The normalized spacial score (nSPS) is 17.0. The maximum Gasteiger partial charge on any atom is 0.187 e. The molecule has 44 heavy (non-hydrogen) atoms. The summed E-state index contributed by atoms with van der Waals surface area (Å²) >= 11 is 3.60. The van der Waals surface area contributed by atoms with Crippen molar-refractivity contribution in [2.45, 2.75) is 74.1 Å². The van der Waals surface area contributed by atoms with Gasteiger partial charge < -0.3 is 10.3 Å². The van der Waals surface area contributed by atoms with Crippen LogP contribution >= 0.6 is 23.5 Å². The predicted octanol–water partition coefficient (Wildman–Crippen LogP) is 9.93. The summed E-state index contributed by atoms with van der Waals surface area (Å²) < 4.78 is 0. The molecular formula is C37H57N5S2. The second-order valence-corrected chi connectivity index (χ2v) is 12.7. The van der Waals surface area contributed by atoms with Crippen molar-refractivity contribution >= 4 is 40.1 Å². The van der Waals surface area contributed by atoms with Crippen molar-refractivity contribution in [3.05, 3.63) is 95.8 Å². The summed E-state index contributed by atoms with van der Waals surface area (Å²) in [6.07, 6.45) is 27.9. The number of hydrazone groups is 1. The lowest BCUT2D eigenvalue weighted by atomic mass is 10.0. The van der Waals surface area contributed by atoms with Crippen LogP contribution in [0.25, 0.3) is 0 Å². The summed E-state index contributed by atoms with van der Waals surface area (Å²) in [5.74, 6) is 2.74. The lowest BCUT2D eigenvalue weighted by molar-refractivity contribution is 0.481. The van der Waals surface area contributed by atoms with Gasteiger partial charge in [-0.25, -0.2) is 0 Å². The first kappa shape index (κ1) is 39.3. The minimum Gasteiger partial charge on any atom is -0.318 e. The van der Waals surface area contributed by atoms with Crippen molar-refractivity contribution in [1.29, 1.82) is 0 Å². The molecule has 0 heterocycles. The van der Waals surface area contributed by atoms with Crippen molar-refractivity contribution < 1.29 is 0 Å². The summed E-state index contributed by atoms with van der Waals surface area (Å²) in [6, 6.07) is 0. The molecule has 7 heteroatoms. The van der Waals surface area contributed by atoms with E-state index in [1.54, 1.807) is 11.8 Å². The maximum absolute atomic E-state index is 4.84. The van der Waals surface area contributed by atoms with Crippen molar-refractivity contribution in [3.8, 4) is 0 Å². The third kappa shape index (κ3) is 16.3. The van der Waals surface area contributed by atoms with Crippen LogP contribution in [0, 0.1) is 5.92 Å². The average Bonchev–Trinajstić information content (AvgIpc) is 3.08. The summed E-state index contributed by atoms with van der Waals surface area (Å²) in [6.45, 7) is 20.5. The van der Waals surface area contributed by atoms with E-state index in [2.05, 4.69) is 113 Å². The molecule has 0 aromatic carbocycles. The van der Waals surface area contributed by atoms with E-state index < -0.39 is 0 Å². The highest BCUT2D eigenvalue weighted by Gasteiger charge is 2.22. The van der Waals surface area contributed by atoms with Gasteiger partial charge in [0.05, 0.1) is 11.6 Å². The van der Waals surface area contributed by atoms with Crippen molar-refractivity contribution in [1.82, 2.24) is 10.3 Å². The Balaban J connectivity index is 3.20. The first-order valence-electron chi connectivity index (χ1n) is 15.9. The zero-order valence-corrected chi connectivity index (χ0v) is 30.2. The molecule has 0 bridgehead atoms. The van der Waals surface area contributed by atoms with E-state index in [1.165, 1.54) is 28.1 Å². The zero-order chi connectivity index (χ0) is 32.6. The average molecular weight is 636 g/mol. The molecule has 1 aliphatic carbocycles. The highest BCUT2D eigenvalue weighted by Crippen LogP contribution is 2.27. The third-order valence-electron chi connectivity index (χ3n) is 6.53. The molecule has 1 rings (SSSR count). The number of allylic oxidation sites excluding steroid dienone is 12. The SMILES string of the molecule is C=CC=C(C)C(=C(C)C)N(CC1C=CCCC=CC(C)=C1)C(=NNC)SCCC(CSCN=C(/C=C\C)/C=C\CC)=NCC. The van der Waals surface area contributed by atoms with Gasteiger partial charge in [-0.3, -0.25) is 9.98 Å². The van der Waals surface area contributed by atoms with E-state index in [1.807, 2.05) is 37.9 Å². The minimum absolute atomic E-state index is 0.250. The summed E-state index contributed by atoms with van der Waals surface area (Å²) in [5, 5.41) is 5.79.